The number of fused-ring (bicyclic) bond motifs is 1. The van der Waals surface area contributed by atoms with Gasteiger partial charge in [-0.2, -0.15) is 0 Å². The molecule has 0 bridgehead atoms. The maximum absolute atomic E-state index is 6.16. The summed E-state index contributed by atoms with van der Waals surface area (Å²) in [6.07, 6.45) is 0.147. The second kappa shape index (κ2) is 3.44. The van der Waals surface area contributed by atoms with E-state index in [1.165, 1.54) is 0 Å². The van der Waals surface area contributed by atoms with E-state index in [9.17, 15) is 0 Å². The van der Waals surface area contributed by atoms with Crippen LogP contribution >= 0.6 is 11.6 Å². The van der Waals surface area contributed by atoms with Crippen molar-refractivity contribution in [2.45, 2.75) is 26.0 Å². The molecule has 2 rings (SSSR count). The molecule has 1 N–H and O–H groups in total. The molecule has 1 aromatic carbocycles. The molecule has 0 fully saturated rings. The predicted molar refractivity (Wildman–Crippen MR) is 58.1 cm³/mol. The van der Waals surface area contributed by atoms with Crippen LogP contribution in [0.15, 0.2) is 12.1 Å². The Hall–Kier alpha value is -0.730. The van der Waals surface area contributed by atoms with Gasteiger partial charge in [0.15, 0.2) is 0 Å². The minimum Gasteiger partial charge on any atom is -0.488 e. The minimum atomic E-state index is 0.147. The van der Waals surface area contributed by atoms with Crippen molar-refractivity contribution in [3.8, 4) is 5.75 Å². The van der Waals surface area contributed by atoms with Crippen LogP contribution in [0.25, 0.3) is 0 Å². The van der Waals surface area contributed by atoms with Crippen LogP contribution in [0.1, 0.15) is 24.1 Å². The summed E-state index contributed by atoms with van der Waals surface area (Å²) in [7, 11) is 1.93. The predicted octanol–water partition coefficient (Wildman–Crippen LogP) is 2.69. The molecule has 2 atom stereocenters. The zero-order chi connectivity index (χ0) is 10.3. The van der Waals surface area contributed by atoms with Gasteiger partial charge in [0, 0.05) is 10.6 Å². The van der Waals surface area contributed by atoms with Gasteiger partial charge in [0.1, 0.15) is 11.9 Å². The van der Waals surface area contributed by atoms with E-state index in [1.807, 2.05) is 26.1 Å². The molecule has 1 aliphatic rings. The average Bonchev–Trinajstić information content (AvgIpc) is 2.50. The van der Waals surface area contributed by atoms with E-state index in [0.29, 0.717) is 0 Å². The summed E-state index contributed by atoms with van der Waals surface area (Å²) in [5, 5.41) is 4.01. The van der Waals surface area contributed by atoms with Crippen molar-refractivity contribution in [1.29, 1.82) is 0 Å². The van der Waals surface area contributed by atoms with Gasteiger partial charge < -0.3 is 10.1 Å². The third-order valence-corrected chi connectivity index (χ3v) is 3.06. The number of hydrogen-bond donors (Lipinski definition) is 1. The Labute approximate surface area is 89.2 Å². The first kappa shape index (κ1) is 9.81. The van der Waals surface area contributed by atoms with E-state index >= 15 is 0 Å². The number of nitrogens with one attached hydrogen (secondary N) is 1. The van der Waals surface area contributed by atoms with Crippen LogP contribution in [0.4, 0.5) is 0 Å². The number of rotatable bonds is 1. The standard InChI is InChI=1S/C11H14ClNO/c1-6-4-5-8(12)9-10(13-3)7(2)14-11(6)9/h4-5,7,10,13H,1-3H3. The Bertz CT molecular complexity index is 365. The lowest BCUT2D eigenvalue weighted by atomic mass is 10.0. The average molecular weight is 212 g/mol. The van der Waals surface area contributed by atoms with Gasteiger partial charge in [0.05, 0.1) is 6.04 Å². The van der Waals surface area contributed by atoms with Gasteiger partial charge in [-0.05, 0) is 32.5 Å². The highest BCUT2D eigenvalue weighted by Gasteiger charge is 2.32. The molecule has 76 valence electrons. The molecule has 0 radical (unpaired) electrons. The summed E-state index contributed by atoms with van der Waals surface area (Å²) in [5.41, 5.74) is 2.25. The number of halogens is 1. The Kier molecular flexibility index (Phi) is 2.41. The lowest BCUT2D eigenvalue weighted by Gasteiger charge is -2.13. The van der Waals surface area contributed by atoms with E-state index in [1.54, 1.807) is 0 Å². The quantitative estimate of drug-likeness (QED) is 0.771. The molecule has 0 amide bonds. The summed E-state index contributed by atoms with van der Waals surface area (Å²) in [6.45, 7) is 4.09. The van der Waals surface area contributed by atoms with Gasteiger partial charge >= 0.3 is 0 Å². The number of likely N-dealkylation sites (N-methyl/N-ethyl adjacent to an activating group) is 1. The second-order valence-electron chi connectivity index (χ2n) is 3.70. The Balaban J connectivity index is 2.57. The molecule has 1 heterocycles. The maximum Gasteiger partial charge on any atom is 0.129 e. The number of aryl methyl sites for hydroxylation is 1. The van der Waals surface area contributed by atoms with Crippen LogP contribution in [0.5, 0.6) is 5.75 Å². The largest absolute Gasteiger partial charge is 0.488 e. The SMILES string of the molecule is CNC1c2c(Cl)ccc(C)c2OC1C. The van der Waals surface area contributed by atoms with Gasteiger partial charge in [-0.3, -0.25) is 0 Å². The number of hydrogen-bond acceptors (Lipinski definition) is 2. The summed E-state index contributed by atoms with van der Waals surface area (Å²) in [6, 6.07) is 4.13. The highest BCUT2D eigenvalue weighted by molar-refractivity contribution is 6.31. The molecule has 0 spiro atoms. The maximum atomic E-state index is 6.16. The molecular weight excluding hydrogens is 198 g/mol. The molecule has 2 nitrogen and oxygen atoms in total. The van der Waals surface area contributed by atoms with Gasteiger partial charge in [-0.1, -0.05) is 17.7 Å². The van der Waals surface area contributed by atoms with E-state index in [-0.39, 0.29) is 12.1 Å². The van der Waals surface area contributed by atoms with Crippen LogP contribution in [0.2, 0.25) is 5.02 Å². The fraction of sp³-hybridized carbons (Fsp3) is 0.455. The molecule has 1 aromatic rings. The van der Waals surface area contributed by atoms with E-state index in [4.69, 9.17) is 16.3 Å². The van der Waals surface area contributed by atoms with E-state index < -0.39 is 0 Å². The van der Waals surface area contributed by atoms with Crippen LogP contribution in [-0.2, 0) is 0 Å². The van der Waals surface area contributed by atoms with E-state index in [0.717, 1.165) is 21.9 Å². The lowest BCUT2D eigenvalue weighted by molar-refractivity contribution is 0.213. The summed E-state index contributed by atoms with van der Waals surface area (Å²) >= 11 is 6.16. The van der Waals surface area contributed by atoms with Crippen molar-refractivity contribution in [3.63, 3.8) is 0 Å². The molecule has 0 saturated carbocycles. The zero-order valence-electron chi connectivity index (χ0n) is 8.60. The first-order valence-electron chi connectivity index (χ1n) is 4.78. The normalized spacial score (nSPS) is 24.6. The highest BCUT2D eigenvalue weighted by atomic mass is 35.5. The fourth-order valence-corrected chi connectivity index (χ4v) is 2.26. The Morgan fingerprint density at radius 1 is 1.43 bits per heavy atom. The third-order valence-electron chi connectivity index (χ3n) is 2.73. The summed E-state index contributed by atoms with van der Waals surface area (Å²) in [5.74, 6) is 0.948. The second-order valence-corrected chi connectivity index (χ2v) is 4.10. The van der Waals surface area contributed by atoms with Gasteiger partial charge in [-0.15, -0.1) is 0 Å². The van der Waals surface area contributed by atoms with Gasteiger partial charge in [0.2, 0.25) is 0 Å². The first-order valence-corrected chi connectivity index (χ1v) is 5.16. The van der Waals surface area contributed by atoms with Crippen molar-refractivity contribution < 1.29 is 4.74 Å². The summed E-state index contributed by atoms with van der Waals surface area (Å²) < 4.78 is 5.77. The molecule has 3 heteroatoms. The molecular formula is C11H14ClNO. The molecule has 0 aliphatic carbocycles. The monoisotopic (exact) mass is 211 g/mol. The Morgan fingerprint density at radius 2 is 2.14 bits per heavy atom. The zero-order valence-corrected chi connectivity index (χ0v) is 9.35. The molecule has 1 aliphatic heterocycles. The number of benzene rings is 1. The van der Waals surface area contributed by atoms with Gasteiger partial charge in [-0.25, -0.2) is 0 Å². The minimum absolute atomic E-state index is 0.147. The topological polar surface area (TPSA) is 21.3 Å². The fourth-order valence-electron chi connectivity index (χ4n) is 2.00. The summed E-state index contributed by atoms with van der Waals surface area (Å²) in [4.78, 5) is 0. The van der Waals surface area contributed by atoms with Crippen molar-refractivity contribution in [3.05, 3.63) is 28.3 Å². The van der Waals surface area contributed by atoms with E-state index in [2.05, 4.69) is 12.2 Å². The van der Waals surface area contributed by atoms with Crippen molar-refractivity contribution in [2.75, 3.05) is 7.05 Å². The van der Waals surface area contributed by atoms with Crippen LogP contribution < -0.4 is 10.1 Å². The van der Waals surface area contributed by atoms with Crippen LogP contribution in [-0.4, -0.2) is 13.2 Å². The van der Waals surface area contributed by atoms with Crippen LogP contribution in [0.3, 0.4) is 0 Å². The van der Waals surface area contributed by atoms with Crippen LogP contribution in [0, 0.1) is 6.92 Å². The smallest absolute Gasteiger partial charge is 0.129 e. The highest BCUT2D eigenvalue weighted by Crippen LogP contribution is 2.42. The molecule has 14 heavy (non-hydrogen) atoms. The molecule has 0 aromatic heterocycles. The van der Waals surface area contributed by atoms with Gasteiger partial charge in [0.25, 0.3) is 0 Å². The molecule has 0 saturated heterocycles. The van der Waals surface area contributed by atoms with Crippen molar-refractivity contribution in [1.82, 2.24) is 5.32 Å². The third kappa shape index (κ3) is 1.30. The molecule has 2 unspecified atom stereocenters. The lowest BCUT2D eigenvalue weighted by Crippen LogP contribution is -2.25. The van der Waals surface area contributed by atoms with Crippen molar-refractivity contribution in [2.24, 2.45) is 0 Å². The van der Waals surface area contributed by atoms with Crippen molar-refractivity contribution >= 4 is 11.6 Å². The number of ether oxygens (including phenoxy) is 1. The Morgan fingerprint density at radius 3 is 2.79 bits per heavy atom. The first-order chi connectivity index (χ1) is 6.65.